The topological polar surface area (TPSA) is 63.3 Å². The maximum absolute atomic E-state index is 12.1. The number of Topliss-reactive ketones (excluding diaryl/α,β-unsaturated/α-hetero) is 1. The van der Waals surface area contributed by atoms with Crippen LogP contribution in [0.1, 0.15) is 21.5 Å². The van der Waals surface area contributed by atoms with Gasteiger partial charge in [0.25, 0.3) is 0 Å². The van der Waals surface area contributed by atoms with E-state index in [0.29, 0.717) is 11.3 Å². The maximum atomic E-state index is 12.1. The Hall–Kier alpha value is -2.29. The number of aryl methyl sites for hydroxylation is 1. The molecule has 3 N–H and O–H groups in total. The second kappa shape index (κ2) is 4.92. The van der Waals surface area contributed by atoms with E-state index in [1.165, 1.54) is 0 Å². The van der Waals surface area contributed by atoms with Gasteiger partial charge < -0.3 is 10.8 Å². The molecule has 0 radical (unpaired) electrons. The number of phenolic OH excluding ortho intramolecular Hbond substituents is 1. The van der Waals surface area contributed by atoms with Crippen molar-refractivity contribution in [2.75, 3.05) is 5.73 Å². The molecule has 2 aromatic carbocycles. The van der Waals surface area contributed by atoms with Crippen LogP contribution in [0.15, 0.2) is 42.5 Å². The van der Waals surface area contributed by atoms with E-state index in [-0.39, 0.29) is 18.0 Å². The SMILES string of the molecule is Cc1ccc(N)c(C(=O)Cc2ccc(O)cc2)c1. The van der Waals surface area contributed by atoms with Crippen molar-refractivity contribution < 1.29 is 9.90 Å². The first-order valence-corrected chi connectivity index (χ1v) is 5.73. The molecule has 92 valence electrons. The lowest BCUT2D eigenvalue weighted by atomic mass is 10.00. The standard InChI is InChI=1S/C15H15NO2/c1-10-2-7-14(16)13(8-10)15(18)9-11-3-5-12(17)6-4-11/h2-8,17H,9,16H2,1H3. The molecule has 0 heterocycles. The van der Waals surface area contributed by atoms with Gasteiger partial charge in [-0.1, -0.05) is 23.8 Å². The van der Waals surface area contributed by atoms with Crippen molar-refractivity contribution in [2.24, 2.45) is 0 Å². The van der Waals surface area contributed by atoms with E-state index in [9.17, 15) is 9.90 Å². The molecule has 0 fully saturated rings. The lowest BCUT2D eigenvalue weighted by Gasteiger charge is -2.06. The fraction of sp³-hybridized carbons (Fsp3) is 0.133. The van der Waals surface area contributed by atoms with E-state index in [4.69, 9.17) is 5.73 Å². The molecule has 18 heavy (non-hydrogen) atoms. The Morgan fingerprint density at radius 3 is 2.50 bits per heavy atom. The molecule has 3 nitrogen and oxygen atoms in total. The summed E-state index contributed by atoms with van der Waals surface area (Å²) in [5, 5.41) is 9.18. The van der Waals surface area contributed by atoms with Gasteiger partial charge in [-0.25, -0.2) is 0 Å². The summed E-state index contributed by atoms with van der Waals surface area (Å²) in [6.07, 6.45) is 0.286. The van der Waals surface area contributed by atoms with Gasteiger partial charge in [0.15, 0.2) is 5.78 Å². The molecule has 0 saturated heterocycles. The Kier molecular flexibility index (Phi) is 3.33. The van der Waals surface area contributed by atoms with Gasteiger partial charge in [-0.05, 0) is 36.8 Å². The van der Waals surface area contributed by atoms with Crippen LogP contribution in [0.5, 0.6) is 5.75 Å². The number of carbonyl (C=O) groups excluding carboxylic acids is 1. The van der Waals surface area contributed by atoms with Crippen molar-refractivity contribution in [3.05, 3.63) is 59.2 Å². The number of hydrogen-bond donors (Lipinski definition) is 2. The Balaban J connectivity index is 2.21. The van der Waals surface area contributed by atoms with Crippen molar-refractivity contribution in [1.82, 2.24) is 0 Å². The van der Waals surface area contributed by atoms with Crippen molar-refractivity contribution >= 4 is 11.5 Å². The third kappa shape index (κ3) is 2.69. The van der Waals surface area contributed by atoms with Crippen LogP contribution in [-0.2, 0) is 6.42 Å². The first kappa shape index (κ1) is 12.2. The molecule has 0 aliphatic carbocycles. The number of benzene rings is 2. The monoisotopic (exact) mass is 241 g/mol. The summed E-state index contributed by atoms with van der Waals surface area (Å²) in [5.74, 6) is 0.183. The van der Waals surface area contributed by atoms with E-state index in [1.807, 2.05) is 13.0 Å². The lowest BCUT2D eigenvalue weighted by Crippen LogP contribution is -2.07. The van der Waals surface area contributed by atoms with Crippen LogP contribution in [0.4, 0.5) is 5.69 Å². The van der Waals surface area contributed by atoms with Gasteiger partial charge in [0, 0.05) is 17.7 Å². The summed E-state index contributed by atoms with van der Waals surface area (Å²) in [4.78, 5) is 12.1. The van der Waals surface area contributed by atoms with Crippen LogP contribution in [0.3, 0.4) is 0 Å². The molecule has 2 aromatic rings. The first-order chi connectivity index (χ1) is 8.56. The maximum Gasteiger partial charge on any atom is 0.169 e. The van der Waals surface area contributed by atoms with Crippen LogP contribution in [-0.4, -0.2) is 10.9 Å². The van der Waals surface area contributed by atoms with Crippen LogP contribution >= 0.6 is 0 Å². The normalized spacial score (nSPS) is 10.3. The van der Waals surface area contributed by atoms with E-state index in [0.717, 1.165) is 11.1 Å². The fourth-order valence-corrected chi connectivity index (χ4v) is 1.81. The third-order valence-corrected chi connectivity index (χ3v) is 2.81. The molecule has 0 aliphatic rings. The number of anilines is 1. The molecule has 2 rings (SSSR count). The van der Waals surface area contributed by atoms with Gasteiger partial charge in [0.05, 0.1) is 0 Å². The number of ketones is 1. The highest BCUT2D eigenvalue weighted by Crippen LogP contribution is 2.17. The number of aromatic hydroxyl groups is 1. The van der Waals surface area contributed by atoms with Crippen molar-refractivity contribution in [1.29, 1.82) is 0 Å². The summed E-state index contributed by atoms with van der Waals surface area (Å²) >= 11 is 0. The van der Waals surface area contributed by atoms with E-state index >= 15 is 0 Å². The van der Waals surface area contributed by atoms with Crippen LogP contribution in [0, 0.1) is 6.92 Å². The van der Waals surface area contributed by atoms with E-state index in [1.54, 1.807) is 36.4 Å². The van der Waals surface area contributed by atoms with Crippen LogP contribution < -0.4 is 5.73 Å². The molecule has 0 amide bonds. The third-order valence-electron chi connectivity index (χ3n) is 2.81. The molecule has 0 spiro atoms. The van der Waals surface area contributed by atoms with Crippen LogP contribution in [0.25, 0.3) is 0 Å². The van der Waals surface area contributed by atoms with E-state index in [2.05, 4.69) is 0 Å². The first-order valence-electron chi connectivity index (χ1n) is 5.73. The molecule has 0 saturated carbocycles. The smallest absolute Gasteiger partial charge is 0.169 e. The van der Waals surface area contributed by atoms with E-state index < -0.39 is 0 Å². The molecule has 0 bridgehead atoms. The zero-order chi connectivity index (χ0) is 13.1. The molecule has 0 atom stereocenters. The Bertz CT molecular complexity index is 574. The summed E-state index contributed by atoms with van der Waals surface area (Å²) in [7, 11) is 0. The predicted octanol–water partition coefficient (Wildman–Crippen LogP) is 2.71. The van der Waals surface area contributed by atoms with Crippen LogP contribution in [0.2, 0.25) is 0 Å². The zero-order valence-electron chi connectivity index (χ0n) is 10.2. The van der Waals surface area contributed by atoms with Gasteiger partial charge in [-0.15, -0.1) is 0 Å². The molecular weight excluding hydrogens is 226 g/mol. The highest BCUT2D eigenvalue weighted by molar-refractivity contribution is 6.02. The highest BCUT2D eigenvalue weighted by Gasteiger charge is 2.10. The number of carbonyl (C=O) groups is 1. The summed E-state index contributed by atoms with van der Waals surface area (Å²) in [6, 6.07) is 12.0. The Morgan fingerprint density at radius 1 is 1.17 bits per heavy atom. The average molecular weight is 241 g/mol. The second-order valence-electron chi connectivity index (χ2n) is 4.36. The molecular formula is C15H15NO2. The predicted molar refractivity (Wildman–Crippen MR) is 71.7 cm³/mol. The molecule has 0 aliphatic heterocycles. The summed E-state index contributed by atoms with van der Waals surface area (Å²) < 4.78 is 0. The van der Waals surface area contributed by atoms with Gasteiger partial charge in [0.2, 0.25) is 0 Å². The zero-order valence-corrected chi connectivity index (χ0v) is 10.2. The van der Waals surface area contributed by atoms with Crippen molar-refractivity contribution in [3.8, 4) is 5.75 Å². The number of nitrogens with two attached hydrogens (primary N) is 1. The van der Waals surface area contributed by atoms with Gasteiger partial charge in [-0.3, -0.25) is 4.79 Å². The van der Waals surface area contributed by atoms with Gasteiger partial charge in [0.1, 0.15) is 5.75 Å². The largest absolute Gasteiger partial charge is 0.508 e. The molecule has 0 aromatic heterocycles. The minimum Gasteiger partial charge on any atom is -0.508 e. The minimum absolute atomic E-state index is 0.0121. The van der Waals surface area contributed by atoms with Gasteiger partial charge in [-0.2, -0.15) is 0 Å². The lowest BCUT2D eigenvalue weighted by molar-refractivity contribution is 0.0993. The van der Waals surface area contributed by atoms with Gasteiger partial charge >= 0.3 is 0 Å². The Labute approximate surface area is 106 Å². The quantitative estimate of drug-likeness (QED) is 0.641. The molecule has 3 heteroatoms. The van der Waals surface area contributed by atoms with Crippen molar-refractivity contribution in [3.63, 3.8) is 0 Å². The number of hydrogen-bond acceptors (Lipinski definition) is 3. The molecule has 0 unspecified atom stereocenters. The Morgan fingerprint density at radius 2 is 1.83 bits per heavy atom. The minimum atomic E-state index is -0.0121. The summed E-state index contributed by atoms with van der Waals surface area (Å²) in [5.41, 5.74) is 8.74. The number of phenols is 1. The fourth-order valence-electron chi connectivity index (χ4n) is 1.81. The van der Waals surface area contributed by atoms with Crippen molar-refractivity contribution in [2.45, 2.75) is 13.3 Å². The second-order valence-corrected chi connectivity index (χ2v) is 4.36. The number of rotatable bonds is 3. The average Bonchev–Trinajstić information content (AvgIpc) is 2.35. The number of nitrogen functional groups attached to an aromatic ring is 1. The summed E-state index contributed by atoms with van der Waals surface area (Å²) in [6.45, 7) is 1.93. The highest BCUT2D eigenvalue weighted by atomic mass is 16.3.